The second-order valence-electron chi connectivity index (χ2n) is 10.0. The van der Waals surface area contributed by atoms with Crippen LogP contribution >= 0.6 is 0 Å². The van der Waals surface area contributed by atoms with Crippen LogP contribution in [0.25, 0.3) is 18.2 Å². The van der Waals surface area contributed by atoms with Crippen LogP contribution in [0.15, 0.2) is 116 Å². The lowest BCUT2D eigenvalue weighted by atomic mass is 9.71. The maximum atomic E-state index is 3.94. The molecule has 0 N–H and O–H groups in total. The molecule has 0 saturated heterocycles. The Balaban J connectivity index is 1.44. The standard InChI is InChI=1S/C36H38/c1-4-29-13-15-32(16-14-29)17-18-33-19-23-36(24-20-33,25-21-34-11-7-9-30(5-2)27-34)26-22-35-12-8-10-31(6-3)28-35/h4-16,19-20,23,27-28H,1-3,17-18,21-22,24-26H2. The average Bonchev–Trinajstić information content (AvgIpc) is 2.95. The number of aryl methyl sites for hydroxylation is 3. The molecule has 0 aliphatic heterocycles. The topological polar surface area (TPSA) is 0 Å². The molecule has 0 radical (unpaired) electrons. The van der Waals surface area contributed by atoms with E-state index in [-0.39, 0.29) is 5.41 Å². The molecule has 0 saturated carbocycles. The fraction of sp³-hybridized carbons (Fsp3) is 0.222. The van der Waals surface area contributed by atoms with Gasteiger partial charge in [-0.15, -0.1) is 0 Å². The van der Waals surface area contributed by atoms with Crippen LogP contribution in [0.5, 0.6) is 0 Å². The molecule has 1 aliphatic carbocycles. The van der Waals surface area contributed by atoms with Crippen molar-refractivity contribution in [3.63, 3.8) is 0 Å². The minimum absolute atomic E-state index is 0.184. The molecule has 4 rings (SSSR count). The van der Waals surface area contributed by atoms with Gasteiger partial charge in [0.15, 0.2) is 0 Å². The van der Waals surface area contributed by atoms with Gasteiger partial charge in [-0.1, -0.05) is 135 Å². The van der Waals surface area contributed by atoms with Gasteiger partial charge < -0.3 is 0 Å². The van der Waals surface area contributed by atoms with E-state index in [0.717, 1.165) is 44.9 Å². The van der Waals surface area contributed by atoms with Gasteiger partial charge in [-0.05, 0) is 83.7 Å². The highest BCUT2D eigenvalue weighted by atomic mass is 14.3. The van der Waals surface area contributed by atoms with E-state index >= 15 is 0 Å². The van der Waals surface area contributed by atoms with Crippen LogP contribution in [-0.4, -0.2) is 0 Å². The Hall–Kier alpha value is -3.64. The number of allylic oxidation sites excluding steroid dienone is 4. The highest BCUT2D eigenvalue weighted by molar-refractivity contribution is 5.49. The minimum Gasteiger partial charge on any atom is -0.0985 e. The Labute approximate surface area is 218 Å². The molecule has 1 aliphatic rings. The van der Waals surface area contributed by atoms with Gasteiger partial charge in [0.2, 0.25) is 0 Å². The SMILES string of the molecule is C=Cc1ccc(CCC2=CCC(CCc3cccc(C=C)c3)(CCc3cccc(C=C)c3)C=C2)cc1. The quantitative estimate of drug-likeness (QED) is 0.247. The van der Waals surface area contributed by atoms with Gasteiger partial charge in [0.1, 0.15) is 0 Å². The molecule has 3 aromatic carbocycles. The average molecular weight is 471 g/mol. The Morgan fingerprint density at radius 1 is 0.611 bits per heavy atom. The Morgan fingerprint density at radius 3 is 1.69 bits per heavy atom. The summed E-state index contributed by atoms with van der Waals surface area (Å²) in [4.78, 5) is 0. The number of rotatable bonds is 12. The molecule has 0 heteroatoms. The van der Waals surface area contributed by atoms with Gasteiger partial charge in [-0.3, -0.25) is 0 Å². The van der Waals surface area contributed by atoms with Crippen LogP contribution in [0.4, 0.5) is 0 Å². The molecule has 0 heterocycles. The van der Waals surface area contributed by atoms with Crippen LogP contribution in [-0.2, 0) is 19.3 Å². The van der Waals surface area contributed by atoms with E-state index in [1.807, 2.05) is 18.2 Å². The van der Waals surface area contributed by atoms with Crippen molar-refractivity contribution in [3.8, 4) is 0 Å². The first-order valence-corrected chi connectivity index (χ1v) is 13.1. The van der Waals surface area contributed by atoms with Crippen LogP contribution in [0.3, 0.4) is 0 Å². The number of benzene rings is 3. The lowest BCUT2D eigenvalue weighted by Crippen LogP contribution is -2.22. The highest BCUT2D eigenvalue weighted by Gasteiger charge is 2.28. The maximum absolute atomic E-state index is 3.94. The molecule has 0 fully saturated rings. The lowest BCUT2D eigenvalue weighted by Gasteiger charge is -2.33. The van der Waals surface area contributed by atoms with Crippen LogP contribution < -0.4 is 0 Å². The van der Waals surface area contributed by atoms with E-state index in [0.29, 0.717) is 0 Å². The largest absolute Gasteiger partial charge is 0.0985 e. The summed E-state index contributed by atoms with van der Waals surface area (Å²) in [5, 5.41) is 0. The van der Waals surface area contributed by atoms with Gasteiger partial charge in [-0.2, -0.15) is 0 Å². The summed E-state index contributed by atoms with van der Waals surface area (Å²) in [5.74, 6) is 0. The van der Waals surface area contributed by atoms with E-state index in [4.69, 9.17) is 0 Å². The molecule has 36 heavy (non-hydrogen) atoms. The summed E-state index contributed by atoms with van der Waals surface area (Å²) >= 11 is 0. The van der Waals surface area contributed by atoms with E-state index < -0.39 is 0 Å². The molecular weight excluding hydrogens is 432 g/mol. The van der Waals surface area contributed by atoms with Crippen molar-refractivity contribution in [1.29, 1.82) is 0 Å². The lowest BCUT2D eigenvalue weighted by molar-refractivity contribution is 0.322. The summed E-state index contributed by atoms with van der Waals surface area (Å²) < 4.78 is 0. The number of hydrogen-bond acceptors (Lipinski definition) is 0. The molecule has 182 valence electrons. The van der Waals surface area contributed by atoms with Crippen molar-refractivity contribution < 1.29 is 0 Å². The van der Waals surface area contributed by atoms with Crippen LogP contribution in [0, 0.1) is 5.41 Å². The van der Waals surface area contributed by atoms with E-state index in [1.165, 1.54) is 39.0 Å². The van der Waals surface area contributed by atoms with Gasteiger partial charge >= 0.3 is 0 Å². The van der Waals surface area contributed by atoms with Crippen molar-refractivity contribution in [1.82, 2.24) is 0 Å². The van der Waals surface area contributed by atoms with Gasteiger partial charge in [0, 0.05) is 0 Å². The van der Waals surface area contributed by atoms with Crippen LogP contribution in [0.1, 0.15) is 59.1 Å². The smallest absolute Gasteiger partial charge is 0.00740 e. The van der Waals surface area contributed by atoms with Gasteiger partial charge in [0.25, 0.3) is 0 Å². The molecule has 0 nitrogen and oxygen atoms in total. The zero-order valence-electron chi connectivity index (χ0n) is 21.5. The molecule has 0 unspecified atom stereocenters. The third kappa shape index (κ3) is 6.95. The molecule has 0 aromatic heterocycles. The van der Waals surface area contributed by atoms with Gasteiger partial charge in [-0.25, -0.2) is 0 Å². The van der Waals surface area contributed by atoms with Gasteiger partial charge in [0.05, 0.1) is 0 Å². The first-order chi connectivity index (χ1) is 17.6. The second kappa shape index (κ2) is 12.4. The van der Waals surface area contributed by atoms with E-state index in [1.54, 1.807) is 0 Å². The molecule has 0 spiro atoms. The van der Waals surface area contributed by atoms with Crippen molar-refractivity contribution in [3.05, 3.63) is 150 Å². The highest BCUT2D eigenvalue weighted by Crippen LogP contribution is 2.40. The first-order valence-electron chi connectivity index (χ1n) is 13.1. The zero-order valence-corrected chi connectivity index (χ0v) is 21.5. The molecule has 0 amide bonds. The zero-order chi connectivity index (χ0) is 25.2. The minimum atomic E-state index is 0.184. The monoisotopic (exact) mass is 470 g/mol. The van der Waals surface area contributed by atoms with Crippen molar-refractivity contribution >= 4 is 18.2 Å². The third-order valence-corrected chi connectivity index (χ3v) is 7.54. The summed E-state index contributed by atoms with van der Waals surface area (Å²) in [7, 11) is 0. The molecule has 0 atom stereocenters. The molecule has 3 aromatic rings. The summed E-state index contributed by atoms with van der Waals surface area (Å²) in [5.41, 5.74) is 9.40. The first kappa shape index (κ1) is 25.5. The fourth-order valence-corrected chi connectivity index (χ4v) is 5.08. The van der Waals surface area contributed by atoms with Crippen LogP contribution in [0.2, 0.25) is 0 Å². The summed E-state index contributed by atoms with van der Waals surface area (Å²) in [6.07, 6.45) is 20.9. The summed E-state index contributed by atoms with van der Waals surface area (Å²) in [6, 6.07) is 26.4. The normalized spacial score (nSPS) is 14.2. The Morgan fingerprint density at radius 2 is 1.19 bits per heavy atom. The third-order valence-electron chi connectivity index (χ3n) is 7.54. The fourth-order valence-electron chi connectivity index (χ4n) is 5.08. The van der Waals surface area contributed by atoms with E-state index in [9.17, 15) is 0 Å². The predicted molar refractivity (Wildman–Crippen MR) is 159 cm³/mol. The Kier molecular flexibility index (Phi) is 8.74. The summed E-state index contributed by atoms with van der Waals surface area (Å²) in [6.45, 7) is 11.7. The maximum Gasteiger partial charge on any atom is -0.00740 e. The van der Waals surface area contributed by atoms with Crippen molar-refractivity contribution in [2.24, 2.45) is 5.41 Å². The predicted octanol–water partition coefficient (Wildman–Crippen LogP) is 9.69. The second-order valence-corrected chi connectivity index (χ2v) is 10.0. The molecule has 0 bridgehead atoms. The van der Waals surface area contributed by atoms with E-state index in [2.05, 4.69) is 111 Å². The molecular formula is C36H38. The Bertz CT molecular complexity index is 1190. The van der Waals surface area contributed by atoms with Crippen molar-refractivity contribution in [2.75, 3.05) is 0 Å². The van der Waals surface area contributed by atoms with Crippen molar-refractivity contribution in [2.45, 2.75) is 44.9 Å². The number of hydrogen-bond donors (Lipinski definition) is 0.